The van der Waals surface area contributed by atoms with Gasteiger partial charge in [-0.15, -0.1) is 0 Å². The number of benzene rings is 6. The maximum absolute atomic E-state index is 14.0. The zero-order valence-electron chi connectivity index (χ0n) is 79.1. The molecule has 22 aromatic rings. The molecule has 2 fully saturated rings. The fraction of sp³-hybridized carbons (Fsp3) is 0.0467. The summed E-state index contributed by atoms with van der Waals surface area (Å²) in [5.41, 5.74) is 16.1. The molecular weight excluding hydrogens is 2000 g/mol. The number of amides is 2. The maximum atomic E-state index is 14.0. The number of anilines is 6. The maximum Gasteiger partial charge on any atom is 0.323 e. The van der Waals surface area contributed by atoms with Crippen LogP contribution < -0.4 is 93.6 Å². The number of nitrogens with one attached hydrogen (secondary N) is 11. The molecule has 16 aromatic heterocycles. The largest absolute Gasteiger partial charge is 0.491 e. The number of H-pyrrole nitrogens is 6. The van der Waals surface area contributed by atoms with E-state index >= 15 is 0 Å². The van der Waals surface area contributed by atoms with Crippen LogP contribution in [-0.2, 0) is 9.59 Å². The molecule has 0 spiro atoms. The molecule has 0 aliphatic carbocycles. The molecule has 6 aromatic carbocycles. The molecule has 2 aliphatic heterocycles. The van der Waals surface area contributed by atoms with Gasteiger partial charge in [-0.05, 0) is 207 Å². The zero-order chi connectivity index (χ0) is 104. The number of ether oxygens (including phenoxy) is 1. The van der Waals surface area contributed by atoms with Crippen LogP contribution in [0.25, 0.3) is 130 Å². The van der Waals surface area contributed by atoms with Gasteiger partial charge in [0.1, 0.15) is 40.7 Å². The minimum atomic E-state index is -0.339. The highest BCUT2D eigenvalue weighted by Crippen LogP contribution is 2.31. The number of carbonyl (C=O) groups excluding carboxylic acids is 2. The van der Waals surface area contributed by atoms with Gasteiger partial charge in [0, 0.05) is 126 Å². The third-order valence-electron chi connectivity index (χ3n) is 22.6. The van der Waals surface area contributed by atoms with E-state index in [0.29, 0.717) is 167 Å². The van der Waals surface area contributed by atoms with Gasteiger partial charge in [0.25, 0.3) is 0 Å². The Morgan fingerprint density at radius 1 is 0.353 bits per heavy atom. The number of thiazole rings is 2. The summed E-state index contributed by atoms with van der Waals surface area (Å²) < 4.78 is 58.9. The molecule has 24 rings (SSSR count). The first-order chi connectivity index (χ1) is 72.5. The Balaban J connectivity index is 0.000000113. The molecule has 150 heavy (non-hydrogen) atoms. The van der Waals surface area contributed by atoms with E-state index in [1.54, 1.807) is 174 Å². The van der Waals surface area contributed by atoms with E-state index in [1.807, 2.05) is 142 Å². The fourth-order valence-corrected chi connectivity index (χ4v) is 17.2. The number of imidazole rings is 2. The molecule has 0 saturated carbocycles. The average molecular weight is 2080 g/mol. The molecule has 0 unspecified atom stereocenters. The lowest BCUT2D eigenvalue weighted by Gasteiger charge is -2.11. The Bertz CT molecular complexity index is 9420. The second kappa shape index (κ2) is 43.5. The third kappa shape index (κ3) is 23.2. The molecule has 11 N–H and O–H groups in total. The number of nitrogens with zero attached hydrogens (tertiary/aromatic N) is 18. The van der Waals surface area contributed by atoms with Crippen LogP contribution in [0.1, 0.15) is 60.1 Å². The van der Waals surface area contributed by atoms with Gasteiger partial charge in [-0.1, -0.05) is 122 Å². The van der Waals surface area contributed by atoms with E-state index in [9.17, 15) is 41.9 Å². The summed E-state index contributed by atoms with van der Waals surface area (Å²) in [4.78, 5) is 111. The number of carbonyl (C=O) groups is 2. The zero-order valence-corrected chi connectivity index (χ0v) is 82.2. The third-order valence-corrected chi connectivity index (χ3v) is 24.9. The molecular formula is C107H82Cl2F3N29O7S2. The Morgan fingerprint density at radius 2 is 0.647 bits per heavy atom. The monoisotopic (exact) mass is 2080 g/mol. The highest BCUT2D eigenvalue weighted by Gasteiger charge is 2.23. The number of fused-ring (bicyclic) bond motifs is 6. The quantitative estimate of drug-likeness (QED) is 0.0403. The van der Waals surface area contributed by atoms with E-state index in [2.05, 4.69) is 156 Å². The number of aromatic amines is 6. The molecule has 744 valence electrons. The molecule has 36 nitrogen and oxygen atoms in total. The predicted molar refractivity (Wildman–Crippen MR) is 575 cm³/mol. The van der Waals surface area contributed by atoms with Gasteiger partial charge < -0.3 is 61.2 Å². The van der Waals surface area contributed by atoms with Crippen LogP contribution in [0.3, 0.4) is 0 Å². The van der Waals surface area contributed by atoms with E-state index < -0.39 is 0 Å². The minimum absolute atomic E-state index is 0.0482. The van der Waals surface area contributed by atoms with Crippen molar-refractivity contribution in [2.45, 2.75) is 32.8 Å². The minimum Gasteiger partial charge on any atom is -0.491 e. The smallest absolute Gasteiger partial charge is 0.323 e. The van der Waals surface area contributed by atoms with Crippen molar-refractivity contribution >= 4 is 189 Å². The Labute approximate surface area is 861 Å². The van der Waals surface area contributed by atoms with Crippen LogP contribution in [0.4, 0.5) is 47.7 Å². The number of rotatable bonds is 17. The molecule has 2 aliphatic rings. The van der Waals surface area contributed by atoms with Crippen molar-refractivity contribution in [3.05, 3.63) is 434 Å². The van der Waals surface area contributed by atoms with Gasteiger partial charge in [0.15, 0.2) is 33.9 Å². The van der Waals surface area contributed by atoms with Crippen LogP contribution in [0.5, 0.6) is 5.75 Å². The topological polar surface area (TPSA) is 448 Å². The summed E-state index contributed by atoms with van der Waals surface area (Å²) in [5, 5.41) is 45.3. The number of halogens is 5. The molecule has 2 amide bonds. The molecule has 43 heteroatoms. The molecule has 0 radical (unpaired) electrons. The summed E-state index contributed by atoms with van der Waals surface area (Å²) in [6.07, 6.45) is 32.4. The van der Waals surface area contributed by atoms with Crippen molar-refractivity contribution in [1.82, 2.24) is 128 Å². The van der Waals surface area contributed by atoms with Crippen LogP contribution in [0, 0.1) is 17.5 Å². The second-order valence-electron chi connectivity index (χ2n) is 33.6. The lowest BCUT2D eigenvalue weighted by molar-refractivity contribution is -0.119. The van der Waals surface area contributed by atoms with E-state index in [0.717, 1.165) is 83.4 Å². The number of hydrogen-bond acceptors (Lipinski definition) is 24. The molecule has 0 atom stereocenters. The van der Waals surface area contributed by atoms with Gasteiger partial charge in [0.2, 0.25) is 11.8 Å². The summed E-state index contributed by atoms with van der Waals surface area (Å²) in [6, 6.07) is 52.5. The standard InChI is InChI=1S/C21H21N5O2.C18H14ClN5O.C17H12ClN5OS.2C17H12FN5O.C17H11FN4OS/c1-13(2)28-18-6-4-17(5-7-18)24-19-8-9-26-21(25-19)16(12-22-26)10-15-11-20(27)23-14(15)3;1-11-12(9-17(25)21-11)8-13-10-20-24-7-6-16(23-18(13)24)22-15-4-2-14(19)3-5-15;1-10-14(25-17(24)20-10)8-11-9-19-23-7-6-15(22-16(11)23)21-13-4-2-12(18)3-5-13;2*1-10-15(22-17(24)20-10)8-11-9-19-23-7-6-14(21-16(11)23)12-4-2-3-5-13(12)18;1-10-15(24-17(23)20-10)8-11-9-19-22-7-6-14(21-16(11)22)12-4-2-3-5-13(12)18/h4-10,12-13H,3,11H2,1-2H3,(H,23,27)(H,24,25);2-8,10H,1,9H2,(H,21,25)(H,22,23);2-9H,1H2,(H,20,24)(H,21,22);2*2-9H,1H2,(H2,20,22,24);2-9H,1H2,(H,20,23)/b15-10+;12-8+;14-8-;3*15-8-. The van der Waals surface area contributed by atoms with E-state index in [4.69, 9.17) is 27.9 Å². The van der Waals surface area contributed by atoms with Crippen LogP contribution in [-0.4, -0.2) is 135 Å². The molecule has 0 bridgehead atoms. The van der Waals surface area contributed by atoms with Gasteiger partial charge in [-0.3, -0.25) is 19.2 Å². The second-order valence-corrected chi connectivity index (χ2v) is 36.5. The summed E-state index contributed by atoms with van der Waals surface area (Å²) >= 11 is 14.0. The van der Waals surface area contributed by atoms with Crippen molar-refractivity contribution in [2.24, 2.45) is 0 Å². The number of allylic oxidation sites excluding steroid dienone is 2. The number of aromatic nitrogens is 24. The summed E-state index contributed by atoms with van der Waals surface area (Å²) in [5.74, 6) is 1.79. The van der Waals surface area contributed by atoms with Gasteiger partial charge in [0.05, 0.1) is 114 Å². The predicted octanol–water partition coefficient (Wildman–Crippen LogP) is 12.4. The first-order valence-corrected chi connectivity index (χ1v) is 48.0. The van der Waals surface area contributed by atoms with Crippen LogP contribution in [0.15, 0.2) is 311 Å². The van der Waals surface area contributed by atoms with Crippen molar-refractivity contribution < 1.29 is 27.5 Å². The molecule has 18 heterocycles. The highest BCUT2D eigenvalue weighted by molar-refractivity contribution is 7.07. The van der Waals surface area contributed by atoms with Gasteiger partial charge >= 0.3 is 21.1 Å². The Morgan fingerprint density at radius 3 is 0.927 bits per heavy atom. The van der Waals surface area contributed by atoms with Gasteiger partial charge in [-0.2, -0.15) is 30.6 Å². The lowest BCUT2D eigenvalue weighted by Crippen LogP contribution is -2.22. The average Bonchev–Trinajstić information content (AvgIpc) is 1.65. The first-order valence-electron chi connectivity index (χ1n) is 45.6. The van der Waals surface area contributed by atoms with Crippen molar-refractivity contribution in [3.63, 3.8) is 0 Å². The normalized spacial score (nSPS) is 13.3. The van der Waals surface area contributed by atoms with Gasteiger partial charge in [-0.25, -0.2) is 79.8 Å². The number of hydrogen-bond donors (Lipinski definition) is 11. The van der Waals surface area contributed by atoms with Crippen molar-refractivity contribution in [1.29, 1.82) is 0 Å². The lowest BCUT2D eigenvalue weighted by atomic mass is 10.1. The van der Waals surface area contributed by atoms with E-state index in [-0.39, 0.29) is 56.5 Å². The Kier molecular flexibility index (Phi) is 28.7. The van der Waals surface area contributed by atoms with Crippen molar-refractivity contribution in [3.8, 4) is 39.5 Å². The SMILES string of the molecule is C=C1NC(=O)C/C1=C\c1cnn2ccc(Nc3ccc(Cl)cc3)nc12.C=C1NC(=O)C/C1=C\c1cnn2ccc(Nc3ccc(OC(C)C)cc3)nc12.C=c1[nH]c(=O)[nH]/c1=C\c1cnn2ccc(-c3ccccc3F)nc12.C=c1[nH]c(=O)[nH]/c1=C\c1cnn2ccc(-c3ccccc3F)nc12.C=c1[nH]c(=O)s/c1=C\c1cnn2ccc(-c3ccccc3F)nc12.C=c1[nH]c(=O)s/c1=C\c1cnn2ccc(Nc3ccc(Cl)cc3)nc12. The van der Waals surface area contributed by atoms with Crippen LogP contribution in [0.2, 0.25) is 10.0 Å². The summed E-state index contributed by atoms with van der Waals surface area (Å²) in [7, 11) is 0. The highest BCUT2D eigenvalue weighted by atomic mass is 35.5. The molecule has 2 saturated heterocycles. The Hall–Kier alpha value is -19.6. The summed E-state index contributed by atoms with van der Waals surface area (Å²) in [6.45, 7) is 26.9. The van der Waals surface area contributed by atoms with Crippen LogP contribution >= 0.6 is 45.9 Å². The van der Waals surface area contributed by atoms with Crippen molar-refractivity contribution in [2.75, 3.05) is 16.0 Å². The van der Waals surface area contributed by atoms with E-state index in [1.165, 1.54) is 18.2 Å². The fourth-order valence-electron chi connectivity index (χ4n) is 15.5. The first kappa shape index (κ1) is 99.1.